The second-order valence-corrected chi connectivity index (χ2v) is 34.6. The number of nitriles is 1. The minimum atomic E-state index is -1.42. The number of nitrogens with zero attached hydrogens (tertiary/aromatic N) is 8. The van der Waals surface area contributed by atoms with Gasteiger partial charge in [0.15, 0.2) is 23.8 Å². The highest BCUT2D eigenvalue weighted by atomic mass is 19.2. The topological polar surface area (TPSA) is 152 Å². The molecule has 0 aliphatic carbocycles. The van der Waals surface area contributed by atoms with Crippen LogP contribution in [-0.2, 0) is 17.3 Å². The van der Waals surface area contributed by atoms with E-state index in [0.29, 0.717) is 11.6 Å². The van der Waals surface area contributed by atoms with E-state index in [9.17, 15) is 13.2 Å². The van der Waals surface area contributed by atoms with Crippen LogP contribution in [0.25, 0.3) is 99.2 Å². The molecule has 26 rings (SSSR count). The minimum Gasteiger partial charge on any atom is -0.457 e. The Hall–Kier alpha value is -18.4. The number of terminal acetylenes is 1. The van der Waals surface area contributed by atoms with Gasteiger partial charge >= 0.3 is 0 Å². The first-order valence-electron chi connectivity index (χ1n) is 45.9. The van der Waals surface area contributed by atoms with Crippen molar-refractivity contribution in [3.63, 3.8) is 0 Å². The van der Waals surface area contributed by atoms with Gasteiger partial charge in [0.05, 0.1) is 33.8 Å². The summed E-state index contributed by atoms with van der Waals surface area (Å²) in [6, 6.07) is 148. The molecule has 0 fully saturated rings. The summed E-state index contributed by atoms with van der Waals surface area (Å²) >= 11 is 0. The SMILES string of the molecule is C.C.C.C.C#CC(=C)C#N.CC1(C)c2ccccc2N(c2ccc3[nH]c4ccc(N5c6ccccc6C(C)(C)c6ccccc65)cc4c3c2)c2ccccc21.Fc1cccc(F)c1F.c1ccc(-c2ccc3c(c2)oc2ncccc23)cc1.c1ccc(-c2ncno2)cc1.c1ccc(N(c2ccccc2)c2ccc3c(c2)Oc2ccccc2C3)cc1.c1ccc2c(c1)[nH]c1ccccc12.c1ccc2ncccc2c1. The number of pyridine rings is 2. The van der Waals surface area contributed by atoms with Gasteiger partial charge in [0.2, 0.25) is 5.71 Å². The van der Waals surface area contributed by atoms with Gasteiger partial charge in [0, 0.05) is 129 Å². The summed E-state index contributed by atoms with van der Waals surface area (Å²) in [5, 5.41) is 19.8. The van der Waals surface area contributed by atoms with Crippen LogP contribution < -0.4 is 19.4 Å². The van der Waals surface area contributed by atoms with Crippen LogP contribution in [0.5, 0.6) is 11.5 Å². The first-order chi connectivity index (χ1) is 68.5. The average Bonchev–Trinajstić information content (AvgIpc) is 0.899. The van der Waals surface area contributed by atoms with Gasteiger partial charge in [-0.2, -0.15) is 10.2 Å². The molecule has 16 heteroatoms. The fraction of sp³-hybridized carbons (Fsp3) is 0.0859. The third kappa shape index (κ3) is 21.1. The van der Waals surface area contributed by atoms with Crippen molar-refractivity contribution in [2.75, 3.05) is 14.7 Å². The summed E-state index contributed by atoms with van der Waals surface area (Å²) in [5.41, 5.74) is 29.1. The molecule has 0 saturated carbocycles. The van der Waals surface area contributed by atoms with Crippen molar-refractivity contribution >= 4 is 128 Å². The summed E-state index contributed by atoms with van der Waals surface area (Å²) in [5.74, 6) is 0.771. The van der Waals surface area contributed by atoms with E-state index >= 15 is 0 Å². The molecule has 0 amide bonds. The Morgan fingerprint density at radius 1 is 0.389 bits per heavy atom. The molecule has 6 aromatic heterocycles. The average molecular weight is 1890 g/mol. The minimum absolute atomic E-state index is 0. The third-order valence-corrected chi connectivity index (χ3v) is 25.1. The fourth-order valence-electron chi connectivity index (χ4n) is 18.3. The molecular weight excluding hydrogens is 1780 g/mol. The van der Waals surface area contributed by atoms with Crippen LogP contribution in [0.3, 0.4) is 0 Å². The number of nitrogens with one attached hydrogen (secondary N) is 2. The number of aromatic nitrogens is 6. The quantitative estimate of drug-likeness (QED) is 0.0891. The Balaban J connectivity index is 0.000000135. The zero-order chi connectivity index (χ0) is 96.1. The number of H-pyrrole nitrogens is 2. The maximum atomic E-state index is 12.0. The highest BCUT2D eigenvalue weighted by Crippen LogP contribution is 2.55. The Morgan fingerprint density at radius 2 is 0.833 bits per heavy atom. The Bertz CT molecular complexity index is 8010. The largest absolute Gasteiger partial charge is 0.457 e. The number of furan rings is 1. The fourth-order valence-corrected chi connectivity index (χ4v) is 18.3. The molecule has 2 N–H and O–H groups in total. The molecule has 0 unspecified atom stereocenters. The Labute approximate surface area is 838 Å². The summed E-state index contributed by atoms with van der Waals surface area (Å²) in [4.78, 5) is 26.6. The number of allylic oxidation sites excluding steroid dienone is 1. The molecule has 3 aliphatic rings. The van der Waals surface area contributed by atoms with E-state index in [1.54, 1.807) is 12.3 Å². The highest BCUT2D eigenvalue weighted by molar-refractivity contribution is 6.11. The number of aromatic amines is 2. The lowest BCUT2D eigenvalue weighted by Gasteiger charge is -2.42. The molecule has 0 bridgehead atoms. The molecule has 23 aromatic rings. The normalized spacial score (nSPS) is 11.9. The predicted molar refractivity (Wildman–Crippen MR) is 591 cm³/mol. The van der Waals surface area contributed by atoms with Gasteiger partial charge in [-0.3, -0.25) is 4.98 Å². The zero-order valence-electron chi connectivity index (χ0n) is 77.2. The molecule has 3 aliphatic heterocycles. The number of benzene rings is 17. The Morgan fingerprint density at radius 3 is 1.34 bits per heavy atom. The molecule has 0 atom stereocenters. The van der Waals surface area contributed by atoms with Crippen molar-refractivity contribution in [2.45, 2.75) is 74.7 Å². The summed E-state index contributed by atoms with van der Waals surface area (Å²) in [6.07, 6.45) is 10.6. The van der Waals surface area contributed by atoms with E-state index in [4.69, 9.17) is 25.4 Å². The number of hydrogen-bond donors (Lipinski definition) is 2. The molecule has 13 nitrogen and oxygen atoms in total. The van der Waals surface area contributed by atoms with Gasteiger partial charge < -0.3 is 38.3 Å². The number of halogens is 3. The van der Waals surface area contributed by atoms with Crippen molar-refractivity contribution in [2.24, 2.45) is 0 Å². The van der Waals surface area contributed by atoms with Crippen molar-refractivity contribution < 1.29 is 26.8 Å². The van der Waals surface area contributed by atoms with Crippen molar-refractivity contribution in [1.82, 2.24) is 30.1 Å². The predicted octanol–water partition coefficient (Wildman–Crippen LogP) is 35.7. The number of hydrogen-bond acceptors (Lipinski definition) is 11. The summed E-state index contributed by atoms with van der Waals surface area (Å²) in [6.45, 7) is 12.5. The van der Waals surface area contributed by atoms with Crippen LogP contribution in [0.4, 0.5) is 64.4 Å². The van der Waals surface area contributed by atoms with E-state index < -0.39 is 17.5 Å². The first-order valence-corrected chi connectivity index (χ1v) is 45.9. The van der Waals surface area contributed by atoms with E-state index in [1.807, 2.05) is 115 Å². The molecule has 0 radical (unpaired) electrons. The summed E-state index contributed by atoms with van der Waals surface area (Å²) < 4.78 is 52.8. The van der Waals surface area contributed by atoms with Crippen molar-refractivity contribution in [3.8, 4) is 52.5 Å². The lowest BCUT2D eigenvalue weighted by molar-refractivity contribution is 0.430. The van der Waals surface area contributed by atoms with Crippen molar-refractivity contribution in [1.29, 1.82) is 5.26 Å². The van der Waals surface area contributed by atoms with Crippen LogP contribution in [-0.4, -0.2) is 30.1 Å². The Kier molecular flexibility index (Phi) is 31.3. The van der Waals surface area contributed by atoms with E-state index in [1.165, 1.54) is 117 Å². The maximum absolute atomic E-state index is 12.0. The smallest absolute Gasteiger partial charge is 0.257 e. The lowest BCUT2D eigenvalue weighted by Crippen LogP contribution is -2.30. The van der Waals surface area contributed by atoms with Gasteiger partial charge in [-0.1, -0.05) is 330 Å². The van der Waals surface area contributed by atoms with E-state index in [2.05, 4.69) is 388 Å². The van der Waals surface area contributed by atoms with Gasteiger partial charge in [-0.05, 0) is 214 Å². The summed E-state index contributed by atoms with van der Waals surface area (Å²) in [7, 11) is 0. The first kappa shape index (κ1) is 100. The number of rotatable bonds is 7. The maximum Gasteiger partial charge on any atom is 0.257 e. The lowest BCUT2D eigenvalue weighted by atomic mass is 9.73. The number of fused-ring (bicyclic) bond motifs is 16. The number of anilines is 9. The zero-order valence-corrected chi connectivity index (χ0v) is 77.2. The van der Waals surface area contributed by atoms with Crippen LogP contribution in [0, 0.1) is 41.1 Å². The number of para-hydroxylation sites is 10. The van der Waals surface area contributed by atoms with Crippen LogP contribution in [0.15, 0.2) is 471 Å². The molecule has 710 valence electrons. The van der Waals surface area contributed by atoms with E-state index in [0.717, 1.165) is 97.2 Å². The molecular formula is C128H109F3N10O3. The van der Waals surface area contributed by atoms with Gasteiger partial charge in [-0.25, -0.2) is 18.2 Å². The van der Waals surface area contributed by atoms with E-state index in [-0.39, 0.29) is 46.1 Å². The van der Waals surface area contributed by atoms with Crippen LogP contribution >= 0.6 is 0 Å². The number of ether oxygens (including phenoxy) is 1. The monoisotopic (exact) mass is 1890 g/mol. The second kappa shape index (κ2) is 45.0. The van der Waals surface area contributed by atoms with Gasteiger partial charge in [-0.15, -0.1) is 6.42 Å². The highest BCUT2D eigenvalue weighted by Gasteiger charge is 2.39. The molecule has 0 spiro atoms. The van der Waals surface area contributed by atoms with Crippen LogP contribution in [0.2, 0.25) is 0 Å². The van der Waals surface area contributed by atoms with Gasteiger partial charge in [0.25, 0.3) is 5.89 Å². The van der Waals surface area contributed by atoms with Crippen LogP contribution in [0.1, 0.15) is 90.8 Å². The second-order valence-electron chi connectivity index (χ2n) is 34.6. The molecule has 144 heavy (non-hydrogen) atoms. The van der Waals surface area contributed by atoms with Gasteiger partial charge in [0.1, 0.15) is 23.2 Å². The van der Waals surface area contributed by atoms with Crippen molar-refractivity contribution in [3.05, 3.63) is 512 Å². The molecule has 17 aromatic carbocycles. The standard InChI is InChI=1S/C42H35N3.C25H19NO.C17H11NO.C12H9N.C9H7N.C8H6N2O.C6H3F3.C5H3N.4CH4/c1-41(2)31-13-5-9-17-37(31)44(38-18-10-6-14-32(38)41)27-21-23-35-29(25-27)30-26-28(22-24-36(30)43-35)45-39-19-11-7-15-33(39)42(3,4)34-16-8-12-20-40(34)45;1-3-10-21(11-4-1)26(22-12-5-2-6-13-22)23-16-15-20-17-19-9-7-8-14-24(19)27-25(20)18-23;1-2-5-12(6-3-1)13-8-9-14-15-7-4-10-18-17(15)19-16(14)11-13;1-3-7-11-9(5-1)10-6-2-4-8-12(10)13-11;1-2-6-9-8(4-1)5-3-7-10-9;1-2-4-7(5-3-1)8-9-6-10-11-8;7-4-2-1-3-5(8)6(4)9;1-3-5(2)4-6;;;;/h5-26,43H,1-4H3;1-16,18H,17H2;1-11H;1-8,13H;1-7H;1-6H;1-3H;1H,2H2;4*1H4. The third-order valence-electron chi connectivity index (χ3n) is 25.1. The molecule has 0 saturated heterocycles. The molecule has 9 heterocycles.